The SMILES string of the molecule is Cc1cc2c(cc1C)N(c1ccccc1)[CH-]N2c1[c-]c(Oc2[c-]c3c(c(-c4ccccc4)c2)c2ccccc2n3-c2ccccn2)cc(C(C)(C)C)c1.[Pt]. The Labute approximate surface area is 331 Å². The normalized spacial score (nSPS) is 12.6. The smallest absolute Gasteiger partial charge is 0.135 e. The Kier molecular flexibility index (Phi) is 9.16. The summed E-state index contributed by atoms with van der Waals surface area (Å²) in [5.41, 5.74) is 11.8. The summed E-state index contributed by atoms with van der Waals surface area (Å²) in [6.45, 7) is 13.2. The third-order valence-electron chi connectivity index (χ3n) is 10.2. The van der Waals surface area contributed by atoms with E-state index >= 15 is 0 Å². The maximum absolute atomic E-state index is 6.91. The Bertz CT molecular complexity index is 2630. The van der Waals surface area contributed by atoms with Crippen LogP contribution in [0.1, 0.15) is 37.5 Å². The number of nitrogens with zero attached hydrogens (tertiary/aromatic N) is 4. The second kappa shape index (κ2) is 14.0. The van der Waals surface area contributed by atoms with Crippen LogP contribution in [0.15, 0.2) is 140 Å². The Morgan fingerprint density at radius 2 is 1.31 bits per heavy atom. The van der Waals surface area contributed by atoms with E-state index in [-0.39, 0.29) is 26.5 Å². The molecule has 1 aliphatic heterocycles. The Hall–Kier alpha value is -5.64. The molecule has 0 radical (unpaired) electrons. The van der Waals surface area contributed by atoms with E-state index in [0.29, 0.717) is 11.5 Å². The summed E-state index contributed by atoms with van der Waals surface area (Å²) >= 11 is 0. The van der Waals surface area contributed by atoms with Crippen LogP contribution in [0.5, 0.6) is 11.5 Å². The molecule has 0 bridgehead atoms. The first-order chi connectivity index (χ1) is 25.7. The van der Waals surface area contributed by atoms with Crippen LogP contribution in [0, 0.1) is 32.6 Å². The minimum atomic E-state index is -0.152. The molecule has 0 fully saturated rings. The van der Waals surface area contributed by atoms with Gasteiger partial charge in [0, 0.05) is 61.3 Å². The van der Waals surface area contributed by atoms with Crippen LogP contribution in [0.2, 0.25) is 0 Å². The van der Waals surface area contributed by atoms with E-state index in [0.717, 1.165) is 67.1 Å². The molecule has 0 aliphatic carbocycles. The average Bonchev–Trinajstić information content (AvgIpc) is 3.71. The predicted octanol–water partition coefficient (Wildman–Crippen LogP) is 12.6. The van der Waals surface area contributed by atoms with Gasteiger partial charge in [-0.1, -0.05) is 104 Å². The molecule has 0 saturated heterocycles. The molecule has 1 aliphatic rings. The van der Waals surface area contributed by atoms with Gasteiger partial charge in [0.05, 0.1) is 0 Å². The van der Waals surface area contributed by atoms with E-state index in [1.165, 1.54) is 11.1 Å². The summed E-state index contributed by atoms with van der Waals surface area (Å²) in [5.74, 6) is 2.05. The summed E-state index contributed by atoms with van der Waals surface area (Å²) in [5, 5.41) is 2.24. The van der Waals surface area contributed by atoms with Crippen molar-refractivity contribution in [2.24, 2.45) is 0 Å². The van der Waals surface area contributed by atoms with Crippen molar-refractivity contribution in [1.29, 1.82) is 0 Å². The monoisotopic (exact) mass is 882 g/mol. The number of pyridine rings is 1. The van der Waals surface area contributed by atoms with E-state index in [4.69, 9.17) is 9.72 Å². The van der Waals surface area contributed by atoms with Crippen LogP contribution >= 0.6 is 0 Å². The largest absolute Gasteiger partial charge is 0.509 e. The minimum absolute atomic E-state index is 0. The zero-order chi connectivity index (χ0) is 36.3. The van der Waals surface area contributed by atoms with Gasteiger partial charge in [-0.2, -0.15) is 0 Å². The zero-order valence-corrected chi connectivity index (χ0v) is 33.1. The number of aromatic nitrogens is 2. The number of fused-ring (bicyclic) bond motifs is 4. The second-order valence-electron chi connectivity index (χ2n) is 14.8. The third kappa shape index (κ3) is 6.27. The zero-order valence-electron chi connectivity index (χ0n) is 30.9. The predicted molar refractivity (Wildman–Crippen MR) is 218 cm³/mol. The first-order valence-electron chi connectivity index (χ1n) is 18.0. The van der Waals surface area contributed by atoms with Gasteiger partial charge < -0.3 is 19.1 Å². The molecule has 2 aromatic heterocycles. The van der Waals surface area contributed by atoms with Gasteiger partial charge in [-0.3, -0.25) is 0 Å². The molecular weight excluding hydrogens is 844 g/mol. The van der Waals surface area contributed by atoms with Gasteiger partial charge in [0.2, 0.25) is 0 Å². The molecule has 54 heavy (non-hydrogen) atoms. The summed E-state index contributed by atoms with van der Waals surface area (Å²) in [7, 11) is 0. The number of ether oxygens (including phenoxy) is 1. The number of para-hydroxylation sites is 2. The topological polar surface area (TPSA) is 33.5 Å². The molecular formula is C48H39N4OPt-3. The van der Waals surface area contributed by atoms with Gasteiger partial charge in [-0.05, 0) is 83.8 Å². The third-order valence-corrected chi connectivity index (χ3v) is 10.2. The van der Waals surface area contributed by atoms with E-state index in [9.17, 15) is 0 Å². The van der Waals surface area contributed by atoms with Crippen LogP contribution in [0.4, 0.5) is 22.7 Å². The molecule has 8 aromatic rings. The van der Waals surface area contributed by atoms with Crippen molar-refractivity contribution in [3.8, 4) is 28.4 Å². The molecule has 6 heteroatoms. The molecule has 0 amide bonds. The number of rotatable bonds is 6. The number of hydrogen-bond acceptors (Lipinski definition) is 4. The van der Waals surface area contributed by atoms with Crippen molar-refractivity contribution in [1.82, 2.24) is 9.55 Å². The summed E-state index contributed by atoms with van der Waals surface area (Å²) in [6, 6.07) is 53.9. The van der Waals surface area contributed by atoms with Crippen LogP contribution < -0.4 is 14.5 Å². The fourth-order valence-corrected chi connectivity index (χ4v) is 7.27. The quantitative estimate of drug-likeness (QED) is 0.156. The average molecular weight is 883 g/mol. The van der Waals surface area contributed by atoms with Crippen LogP contribution in [-0.4, -0.2) is 9.55 Å². The van der Waals surface area contributed by atoms with Crippen LogP contribution in [0.3, 0.4) is 0 Å². The number of anilines is 4. The fraction of sp³-hybridized carbons (Fsp3) is 0.125. The van der Waals surface area contributed by atoms with Gasteiger partial charge in [0.15, 0.2) is 0 Å². The molecule has 3 heterocycles. The van der Waals surface area contributed by atoms with Gasteiger partial charge in [-0.15, -0.1) is 53.8 Å². The first-order valence-corrected chi connectivity index (χ1v) is 18.0. The first kappa shape index (κ1) is 35.4. The van der Waals surface area contributed by atoms with E-state index in [1.807, 2.05) is 30.5 Å². The standard InChI is InChI=1S/C48H39N4O.Pt/c1-32-24-43-44(25-33(32)2)51(31-50(43)36-18-10-7-11-19-36)37-26-35(48(3,4)5)27-38(28-37)53-39-29-41(34-16-8-6-9-17-34)47-40-20-12-13-21-42(40)52(45(47)30-39)46-22-14-15-23-49-46;/h6-27,29,31H,1-5H3;/q-3;. The van der Waals surface area contributed by atoms with Crippen molar-refractivity contribution in [3.05, 3.63) is 175 Å². The number of aryl methyl sites for hydroxylation is 2. The molecule has 6 aromatic carbocycles. The van der Waals surface area contributed by atoms with Crippen LogP contribution in [0.25, 0.3) is 38.8 Å². The summed E-state index contributed by atoms with van der Waals surface area (Å²) < 4.78 is 9.10. The maximum atomic E-state index is 6.91. The number of hydrogen-bond donors (Lipinski definition) is 0. The van der Waals surface area contributed by atoms with Crippen molar-refractivity contribution >= 4 is 44.6 Å². The number of benzene rings is 6. The van der Waals surface area contributed by atoms with Crippen molar-refractivity contribution in [3.63, 3.8) is 0 Å². The minimum Gasteiger partial charge on any atom is -0.509 e. The van der Waals surface area contributed by atoms with Gasteiger partial charge in [-0.25, -0.2) is 4.98 Å². The molecule has 5 nitrogen and oxygen atoms in total. The van der Waals surface area contributed by atoms with Crippen molar-refractivity contribution in [2.75, 3.05) is 9.80 Å². The van der Waals surface area contributed by atoms with Crippen LogP contribution in [-0.2, 0) is 26.5 Å². The van der Waals surface area contributed by atoms with E-state index < -0.39 is 0 Å². The van der Waals surface area contributed by atoms with Gasteiger partial charge >= 0.3 is 0 Å². The Balaban J connectivity index is 0.00000413. The summed E-state index contributed by atoms with van der Waals surface area (Å²) in [6.07, 6.45) is 1.83. The molecule has 0 spiro atoms. The maximum Gasteiger partial charge on any atom is 0.135 e. The van der Waals surface area contributed by atoms with Gasteiger partial charge in [0.25, 0.3) is 0 Å². The van der Waals surface area contributed by atoms with E-state index in [1.54, 1.807) is 0 Å². The molecule has 0 N–H and O–H groups in total. The van der Waals surface area contributed by atoms with Crippen molar-refractivity contribution < 1.29 is 25.8 Å². The Morgan fingerprint density at radius 3 is 2.02 bits per heavy atom. The molecule has 0 atom stereocenters. The van der Waals surface area contributed by atoms with E-state index in [2.05, 4.69) is 177 Å². The summed E-state index contributed by atoms with van der Waals surface area (Å²) in [4.78, 5) is 9.26. The Morgan fingerprint density at radius 1 is 0.667 bits per heavy atom. The molecule has 0 unspecified atom stereocenters. The van der Waals surface area contributed by atoms with Crippen molar-refractivity contribution in [2.45, 2.75) is 40.0 Å². The fourth-order valence-electron chi connectivity index (χ4n) is 7.27. The molecule has 0 saturated carbocycles. The van der Waals surface area contributed by atoms with Gasteiger partial charge in [0.1, 0.15) is 5.82 Å². The molecule has 270 valence electrons. The molecule has 9 rings (SSSR count). The second-order valence-corrected chi connectivity index (χ2v) is 14.8.